The van der Waals surface area contributed by atoms with Crippen molar-refractivity contribution in [3.63, 3.8) is 0 Å². The SMILES string of the molecule is Oc1cccc(CNCCC2CCCCC2)c1O. The summed E-state index contributed by atoms with van der Waals surface area (Å²) < 4.78 is 0. The molecule has 0 unspecified atom stereocenters. The van der Waals surface area contributed by atoms with Crippen LogP contribution < -0.4 is 5.32 Å². The van der Waals surface area contributed by atoms with Crippen molar-refractivity contribution in [2.24, 2.45) is 5.92 Å². The van der Waals surface area contributed by atoms with Gasteiger partial charge in [-0.2, -0.15) is 0 Å². The van der Waals surface area contributed by atoms with Crippen LogP contribution >= 0.6 is 0 Å². The monoisotopic (exact) mass is 249 g/mol. The summed E-state index contributed by atoms with van der Waals surface area (Å²) in [5.41, 5.74) is 0.763. The van der Waals surface area contributed by atoms with Gasteiger partial charge in [-0.05, 0) is 24.9 Å². The Morgan fingerprint density at radius 1 is 1.11 bits per heavy atom. The Hall–Kier alpha value is -1.22. The van der Waals surface area contributed by atoms with Crippen molar-refractivity contribution >= 4 is 0 Å². The molecule has 3 heteroatoms. The minimum atomic E-state index is -0.0402. The zero-order valence-corrected chi connectivity index (χ0v) is 10.9. The lowest BCUT2D eigenvalue weighted by Crippen LogP contribution is -2.19. The third-order valence-corrected chi connectivity index (χ3v) is 3.87. The zero-order chi connectivity index (χ0) is 12.8. The van der Waals surface area contributed by atoms with Gasteiger partial charge >= 0.3 is 0 Å². The van der Waals surface area contributed by atoms with E-state index in [4.69, 9.17) is 0 Å². The fourth-order valence-electron chi connectivity index (χ4n) is 2.73. The average molecular weight is 249 g/mol. The molecule has 100 valence electrons. The first-order valence-electron chi connectivity index (χ1n) is 6.98. The van der Waals surface area contributed by atoms with Gasteiger partial charge in [0.15, 0.2) is 11.5 Å². The second-order valence-corrected chi connectivity index (χ2v) is 5.25. The van der Waals surface area contributed by atoms with E-state index >= 15 is 0 Å². The summed E-state index contributed by atoms with van der Waals surface area (Å²) in [6.45, 7) is 1.60. The van der Waals surface area contributed by atoms with Crippen LogP contribution in [0.5, 0.6) is 11.5 Å². The van der Waals surface area contributed by atoms with E-state index in [2.05, 4.69) is 5.32 Å². The molecule has 0 bridgehead atoms. The van der Waals surface area contributed by atoms with E-state index in [1.165, 1.54) is 44.6 Å². The maximum absolute atomic E-state index is 9.66. The van der Waals surface area contributed by atoms with Crippen molar-refractivity contribution in [2.45, 2.75) is 45.1 Å². The second kappa shape index (κ2) is 6.64. The lowest BCUT2D eigenvalue weighted by molar-refractivity contribution is 0.333. The summed E-state index contributed by atoms with van der Waals surface area (Å²) in [6, 6.07) is 5.09. The topological polar surface area (TPSA) is 52.5 Å². The molecule has 0 atom stereocenters. The van der Waals surface area contributed by atoms with E-state index in [0.717, 1.165) is 18.0 Å². The summed E-state index contributed by atoms with van der Waals surface area (Å²) in [6.07, 6.45) is 8.15. The van der Waals surface area contributed by atoms with Gasteiger partial charge in [-0.3, -0.25) is 0 Å². The van der Waals surface area contributed by atoms with Gasteiger partial charge in [0, 0.05) is 12.1 Å². The molecule has 0 aromatic heterocycles. The summed E-state index contributed by atoms with van der Waals surface area (Å²) in [5.74, 6) is 0.841. The molecule has 0 spiro atoms. The van der Waals surface area contributed by atoms with Gasteiger partial charge in [0.25, 0.3) is 0 Å². The highest BCUT2D eigenvalue weighted by molar-refractivity contribution is 5.44. The smallest absolute Gasteiger partial charge is 0.161 e. The average Bonchev–Trinajstić information content (AvgIpc) is 2.40. The Kier molecular flexibility index (Phi) is 4.88. The molecule has 1 fully saturated rings. The third-order valence-electron chi connectivity index (χ3n) is 3.87. The first kappa shape index (κ1) is 13.2. The highest BCUT2D eigenvalue weighted by Gasteiger charge is 2.12. The van der Waals surface area contributed by atoms with Crippen LogP contribution in [0, 0.1) is 5.92 Å². The summed E-state index contributed by atoms with van der Waals surface area (Å²) >= 11 is 0. The van der Waals surface area contributed by atoms with E-state index < -0.39 is 0 Å². The van der Waals surface area contributed by atoms with E-state index in [-0.39, 0.29) is 11.5 Å². The second-order valence-electron chi connectivity index (χ2n) is 5.25. The summed E-state index contributed by atoms with van der Waals surface area (Å²) in [4.78, 5) is 0. The van der Waals surface area contributed by atoms with Gasteiger partial charge in [-0.25, -0.2) is 0 Å². The van der Waals surface area contributed by atoms with Crippen LogP contribution in [-0.2, 0) is 6.54 Å². The molecular formula is C15H23NO2. The van der Waals surface area contributed by atoms with Crippen LogP contribution in [0.1, 0.15) is 44.1 Å². The maximum atomic E-state index is 9.66. The van der Waals surface area contributed by atoms with Crippen LogP contribution in [0.4, 0.5) is 0 Å². The highest BCUT2D eigenvalue weighted by Crippen LogP contribution is 2.28. The van der Waals surface area contributed by atoms with Crippen LogP contribution in [0.2, 0.25) is 0 Å². The number of rotatable bonds is 5. The Morgan fingerprint density at radius 2 is 1.89 bits per heavy atom. The molecule has 0 saturated heterocycles. The fourth-order valence-corrected chi connectivity index (χ4v) is 2.73. The van der Waals surface area contributed by atoms with Crippen molar-refractivity contribution in [3.05, 3.63) is 23.8 Å². The Labute approximate surface area is 109 Å². The number of hydrogen-bond acceptors (Lipinski definition) is 3. The molecule has 3 nitrogen and oxygen atoms in total. The van der Waals surface area contributed by atoms with Crippen LogP contribution in [0.25, 0.3) is 0 Å². The Balaban J connectivity index is 1.70. The first-order chi connectivity index (χ1) is 8.77. The van der Waals surface area contributed by atoms with E-state index in [1.807, 2.05) is 6.07 Å². The van der Waals surface area contributed by atoms with Crippen molar-refractivity contribution in [1.29, 1.82) is 0 Å². The highest BCUT2D eigenvalue weighted by atomic mass is 16.3. The van der Waals surface area contributed by atoms with Crippen LogP contribution in [0.15, 0.2) is 18.2 Å². The molecule has 1 saturated carbocycles. The fraction of sp³-hybridized carbons (Fsp3) is 0.600. The van der Waals surface area contributed by atoms with Gasteiger partial charge < -0.3 is 15.5 Å². The molecule has 0 radical (unpaired) electrons. The molecule has 3 N–H and O–H groups in total. The number of nitrogens with one attached hydrogen (secondary N) is 1. The van der Waals surface area contributed by atoms with Crippen LogP contribution in [-0.4, -0.2) is 16.8 Å². The standard InChI is InChI=1S/C15H23NO2/c17-14-8-4-7-13(15(14)18)11-16-10-9-12-5-2-1-3-6-12/h4,7-8,12,16-18H,1-3,5-6,9-11H2. The molecule has 1 aromatic carbocycles. The lowest BCUT2D eigenvalue weighted by Gasteiger charge is -2.21. The molecule has 18 heavy (non-hydrogen) atoms. The maximum Gasteiger partial charge on any atom is 0.161 e. The largest absolute Gasteiger partial charge is 0.504 e. The van der Waals surface area contributed by atoms with E-state index in [0.29, 0.717) is 6.54 Å². The predicted molar refractivity (Wildman–Crippen MR) is 72.7 cm³/mol. The van der Waals surface area contributed by atoms with Crippen molar-refractivity contribution in [1.82, 2.24) is 5.32 Å². The van der Waals surface area contributed by atoms with E-state index in [1.54, 1.807) is 6.07 Å². The number of hydrogen-bond donors (Lipinski definition) is 3. The molecule has 0 heterocycles. The van der Waals surface area contributed by atoms with Gasteiger partial charge in [0.1, 0.15) is 0 Å². The number of aromatic hydroxyl groups is 2. The number of phenols is 2. The number of phenolic OH excluding ortho intramolecular Hbond substituents is 2. The molecule has 2 rings (SSSR count). The van der Waals surface area contributed by atoms with Gasteiger partial charge in [0.05, 0.1) is 0 Å². The molecule has 1 aromatic rings. The molecular weight excluding hydrogens is 226 g/mol. The molecule has 0 amide bonds. The van der Waals surface area contributed by atoms with Gasteiger partial charge in [-0.1, -0.05) is 44.2 Å². The number of benzene rings is 1. The summed E-state index contributed by atoms with van der Waals surface area (Å²) in [5, 5.41) is 22.4. The molecule has 0 aliphatic heterocycles. The molecule has 1 aliphatic carbocycles. The van der Waals surface area contributed by atoms with Gasteiger partial charge in [0.2, 0.25) is 0 Å². The van der Waals surface area contributed by atoms with Crippen molar-refractivity contribution < 1.29 is 10.2 Å². The zero-order valence-electron chi connectivity index (χ0n) is 10.9. The molecule has 1 aliphatic rings. The normalized spacial score (nSPS) is 16.9. The minimum Gasteiger partial charge on any atom is -0.504 e. The van der Waals surface area contributed by atoms with Gasteiger partial charge in [-0.15, -0.1) is 0 Å². The summed E-state index contributed by atoms with van der Waals surface area (Å²) in [7, 11) is 0. The van der Waals surface area contributed by atoms with E-state index in [9.17, 15) is 10.2 Å². The lowest BCUT2D eigenvalue weighted by atomic mass is 9.87. The Morgan fingerprint density at radius 3 is 2.67 bits per heavy atom. The predicted octanol–water partition coefficient (Wildman–Crippen LogP) is 3.16. The van der Waals surface area contributed by atoms with Crippen molar-refractivity contribution in [2.75, 3.05) is 6.54 Å². The first-order valence-corrected chi connectivity index (χ1v) is 6.98. The Bertz CT molecular complexity index is 373. The van der Waals surface area contributed by atoms with Crippen molar-refractivity contribution in [3.8, 4) is 11.5 Å². The minimum absolute atomic E-state index is 0.00247. The quantitative estimate of drug-likeness (QED) is 0.555. The van der Waals surface area contributed by atoms with Crippen LogP contribution in [0.3, 0.4) is 0 Å². The number of para-hydroxylation sites is 1. The third kappa shape index (κ3) is 3.64.